The van der Waals surface area contributed by atoms with Crippen LogP contribution < -0.4 is 0 Å². The highest BCUT2D eigenvalue weighted by Gasteiger charge is 1.97. The van der Waals surface area contributed by atoms with Crippen molar-refractivity contribution < 1.29 is 25.5 Å². The summed E-state index contributed by atoms with van der Waals surface area (Å²) in [5, 5.41) is 37.8. The highest BCUT2D eigenvalue weighted by Crippen LogP contribution is 2.16. The quantitative estimate of drug-likeness (QED) is 0.213. The molecule has 1 aliphatic carbocycles. The molecule has 0 aliphatic heterocycles. The van der Waals surface area contributed by atoms with Crippen LogP contribution in [0.1, 0.15) is 176 Å². The summed E-state index contributed by atoms with van der Waals surface area (Å²) in [7, 11) is 0. The summed E-state index contributed by atoms with van der Waals surface area (Å²) in [6.07, 6.45) is 33.0. The predicted octanol–water partition coefficient (Wildman–Crippen LogP) is 8.58. The maximum atomic E-state index is 7.57. The van der Waals surface area contributed by atoms with Crippen LogP contribution in [0.5, 0.6) is 0 Å². The SMILES string of the molecule is C1CCCCCCCCCCCCCCCCCCCCC1.CCO.CCO.CCO.CCO.CCO. The van der Waals surface area contributed by atoms with Gasteiger partial charge >= 0.3 is 0 Å². The average Bonchev–Trinajstić information content (AvgIpc) is 2.86. The molecule has 0 aromatic carbocycles. The van der Waals surface area contributed by atoms with Gasteiger partial charge in [-0.25, -0.2) is 0 Å². The highest BCUT2D eigenvalue weighted by atomic mass is 16.3. The lowest BCUT2D eigenvalue weighted by Gasteiger charge is -2.05. The van der Waals surface area contributed by atoms with Crippen LogP contribution in [0.3, 0.4) is 0 Å². The van der Waals surface area contributed by atoms with Crippen molar-refractivity contribution in [3.05, 3.63) is 0 Å². The Bertz CT molecular complexity index is 168. The molecule has 0 saturated heterocycles. The van der Waals surface area contributed by atoms with Crippen molar-refractivity contribution in [3.8, 4) is 0 Å². The van der Waals surface area contributed by atoms with Crippen molar-refractivity contribution in [1.29, 1.82) is 0 Å². The molecule has 0 atom stereocenters. The van der Waals surface area contributed by atoms with Crippen LogP contribution in [0, 0.1) is 0 Å². The standard InChI is InChI=1S/C22H44.5C2H6O/c1-2-4-6-8-10-12-14-16-18-20-22-21-19-17-15-13-11-9-7-5-3-1;5*1-2-3/h1-22H2;5*3H,2H2,1H3. The van der Waals surface area contributed by atoms with Gasteiger partial charge in [-0.15, -0.1) is 0 Å². The molecule has 1 fully saturated rings. The van der Waals surface area contributed by atoms with E-state index in [9.17, 15) is 0 Å². The third-order valence-electron chi connectivity index (χ3n) is 5.50. The Hall–Kier alpha value is -0.200. The first-order valence-electron chi connectivity index (χ1n) is 16.1. The van der Waals surface area contributed by atoms with Crippen LogP contribution in [-0.2, 0) is 0 Å². The van der Waals surface area contributed by atoms with E-state index >= 15 is 0 Å². The Morgan fingerprint density at radius 1 is 0.216 bits per heavy atom. The van der Waals surface area contributed by atoms with Crippen LogP contribution in [0.25, 0.3) is 0 Å². The maximum Gasteiger partial charge on any atom is 0.0402 e. The smallest absolute Gasteiger partial charge is 0.0402 e. The van der Waals surface area contributed by atoms with Gasteiger partial charge in [0.1, 0.15) is 0 Å². The molecule has 0 spiro atoms. The van der Waals surface area contributed by atoms with Crippen LogP contribution in [0.15, 0.2) is 0 Å². The molecular weight excluding hydrogens is 464 g/mol. The first-order chi connectivity index (χ1) is 18.1. The van der Waals surface area contributed by atoms with E-state index in [1.807, 2.05) is 0 Å². The Morgan fingerprint density at radius 3 is 0.270 bits per heavy atom. The molecule has 0 unspecified atom stereocenters. The molecule has 37 heavy (non-hydrogen) atoms. The average molecular weight is 539 g/mol. The van der Waals surface area contributed by atoms with Gasteiger partial charge < -0.3 is 25.5 Å². The van der Waals surface area contributed by atoms with Crippen molar-refractivity contribution in [1.82, 2.24) is 0 Å². The van der Waals surface area contributed by atoms with Gasteiger partial charge in [-0.3, -0.25) is 0 Å². The number of rotatable bonds is 0. The second-order valence-corrected chi connectivity index (χ2v) is 9.36. The van der Waals surface area contributed by atoms with Gasteiger partial charge in [0.2, 0.25) is 0 Å². The van der Waals surface area contributed by atoms with Gasteiger partial charge in [0, 0.05) is 33.0 Å². The van der Waals surface area contributed by atoms with Gasteiger partial charge in [-0.2, -0.15) is 0 Å². The van der Waals surface area contributed by atoms with E-state index in [2.05, 4.69) is 0 Å². The van der Waals surface area contributed by atoms with Crippen molar-refractivity contribution in [3.63, 3.8) is 0 Å². The van der Waals surface area contributed by atoms with Gasteiger partial charge in [-0.05, 0) is 34.6 Å². The third-order valence-corrected chi connectivity index (χ3v) is 5.50. The molecule has 0 radical (unpaired) electrons. The summed E-state index contributed by atoms with van der Waals surface area (Å²) in [5.74, 6) is 0. The van der Waals surface area contributed by atoms with E-state index in [0.29, 0.717) is 0 Å². The number of hydrogen-bond acceptors (Lipinski definition) is 5. The Balaban J connectivity index is -0.000000188. The molecule has 5 heteroatoms. The van der Waals surface area contributed by atoms with Crippen LogP contribution in [0.4, 0.5) is 0 Å². The second kappa shape index (κ2) is 60.4. The molecule has 1 rings (SSSR count). The Kier molecular flexibility index (Phi) is 76.1. The first kappa shape index (κ1) is 46.6. The van der Waals surface area contributed by atoms with E-state index < -0.39 is 0 Å². The Labute approximate surface area is 234 Å². The summed E-state index contributed by atoms with van der Waals surface area (Å²) in [4.78, 5) is 0. The molecule has 0 heterocycles. The van der Waals surface area contributed by atoms with Gasteiger partial charge in [-0.1, -0.05) is 141 Å². The second-order valence-electron chi connectivity index (χ2n) is 9.36. The van der Waals surface area contributed by atoms with Crippen molar-refractivity contribution in [2.24, 2.45) is 0 Å². The summed E-state index contributed by atoms with van der Waals surface area (Å²) in [5.41, 5.74) is 0. The fourth-order valence-corrected chi connectivity index (χ4v) is 3.89. The predicted molar refractivity (Wildman–Crippen MR) is 165 cm³/mol. The van der Waals surface area contributed by atoms with E-state index in [4.69, 9.17) is 25.5 Å². The third kappa shape index (κ3) is 86.1. The normalized spacial score (nSPS) is 16.7. The molecule has 0 aromatic rings. The minimum atomic E-state index is 0.250. The molecular formula is C32H74O5. The minimum absolute atomic E-state index is 0.250. The summed E-state index contributed by atoms with van der Waals surface area (Å²) < 4.78 is 0. The van der Waals surface area contributed by atoms with E-state index in [-0.39, 0.29) is 33.0 Å². The van der Waals surface area contributed by atoms with Gasteiger partial charge in [0.05, 0.1) is 0 Å². The van der Waals surface area contributed by atoms with Gasteiger partial charge in [0.25, 0.3) is 0 Å². The monoisotopic (exact) mass is 539 g/mol. The van der Waals surface area contributed by atoms with Crippen LogP contribution >= 0.6 is 0 Å². The molecule has 232 valence electrons. The Morgan fingerprint density at radius 2 is 0.243 bits per heavy atom. The van der Waals surface area contributed by atoms with Crippen molar-refractivity contribution in [2.45, 2.75) is 176 Å². The molecule has 5 N–H and O–H groups in total. The van der Waals surface area contributed by atoms with Crippen molar-refractivity contribution >= 4 is 0 Å². The number of aliphatic hydroxyl groups is 5. The molecule has 0 amide bonds. The van der Waals surface area contributed by atoms with E-state index in [1.54, 1.807) is 34.6 Å². The lowest BCUT2D eigenvalue weighted by molar-refractivity contribution is 0.318. The lowest BCUT2D eigenvalue weighted by atomic mass is 10.0. The molecule has 0 bridgehead atoms. The summed E-state index contributed by atoms with van der Waals surface area (Å²) >= 11 is 0. The summed E-state index contributed by atoms with van der Waals surface area (Å²) in [6, 6.07) is 0. The minimum Gasteiger partial charge on any atom is -0.397 e. The number of hydrogen-bond donors (Lipinski definition) is 5. The van der Waals surface area contributed by atoms with Crippen LogP contribution in [-0.4, -0.2) is 58.6 Å². The highest BCUT2D eigenvalue weighted by molar-refractivity contribution is 4.52. The van der Waals surface area contributed by atoms with Crippen LogP contribution in [0.2, 0.25) is 0 Å². The number of aliphatic hydroxyl groups excluding tert-OH is 5. The molecule has 1 aliphatic rings. The largest absolute Gasteiger partial charge is 0.397 e. The molecule has 1 saturated carbocycles. The fraction of sp³-hybridized carbons (Fsp3) is 1.00. The zero-order valence-corrected chi connectivity index (χ0v) is 26.3. The lowest BCUT2D eigenvalue weighted by Crippen LogP contribution is -1.85. The van der Waals surface area contributed by atoms with Crippen molar-refractivity contribution in [2.75, 3.05) is 33.0 Å². The molecule has 5 nitrogen and oxygen atoms in total. The van der Waals surface area contributed by atoms with Gasteiger partial charge in [0.15, 0.2) is 0 Å². The first-order valence-corrected chi connectivity index (χ1v) is 16.1. The zero-order valence-electron chi connectivity index (χ0n) is 26.3. The fourth-order valence-electron chi connectivity index (χ4n) is 3.89. The summed E-state index contributed by atoms with van der Waals surface area (Å²) in [6.45, 7) is 9.65. The van der Waals surface area contributed by atoms with E-state index in [0.717, 1.165) is 0 Å². The van der Waals surface area contributed by atoms with E-state index in [1.165, 1.54) is 141 Å². The maximum absolute atomic E-state index is 7.57. The molecule has 0 aromatic heterocycles. The zero-order chi connectivity index (χ0) is 29.1. The topological polar surface area (TPSA) is 101 Å².